The Morgan fingerprint density at radius 2 is 1.26 bits per heavy atom. The Morgan fingerprint density at radius 1 is 0.789 bits per heavy atom. The fourth-order valence-electron chi connectivity index (χ4n) is 2.39. The van der Waals surface area contributed by atoms with Crippen molar-refractivity contribution in [3.05, 3.63) is 79.9 Å². The van der Waals surface area contributed by atoms with Gasteiger partial charge in [0.25, 0.3) is 0 Å². The van der Waals surface area contributed by atoms with Gasteiger partial charge in [0.15, 0.2) is 0 Å². The summed E-state index contributed by atoms with van der Waals surface area (Å²) in [7, 11) is 0. The van der Waals surface area contributed by atoms with Crippen LogP contribution < -0.4 is 0 Å². The fraction of sp³-hybridized carbons (Fsp3) is 0.222. The minimum absolute atomic E-state index is 0.893. The SMILES string of the molecule is C=CC[N+](CC=C)(CC=C)Cc1ccc(C=C)cc1. The van der Waals surface area contributed by atoms with E-state index in [1.165, 1.54) is 5.56 Å². The molecule has 0 aliphatic rings. The van der Waals surface area contributed by atoms with Gasteiger partial charge in [0, 0.05) is 5.56 Å². The highest BCUT2D eigenvalue weighted by molar-refractivity contribution is 5.47. The Morgan fingerprint density at radius 3 is 1.63 bits per heavy atom. The van der Waals surface area contributed by atoms with E-state index in [4.69, 9.17) is 0 Å². The number of rotatable bonds is 9. The first-order valence-electron chi connectivity index (χ1n) is 6.59. The van der Waals surface area contributed by atoms with Gasteiger partial charge in [-0.1, -0.05) is 56.7 Å². The van der Waals surface area contributed by atoms with E-state index in [9.17, 15) is 0 Å². The van der Waals surface area contributed by atoms with Crippen LogP contribution in [0.2, 0.25) is 0 Å². The smallest absolute Gasteiger partial charge is 0.105 e. The molecule has 1 nitrogen and oxygen atoms in total. The summed E-state index contributed by atoms with van der Waals surface area (Å²) < 4.78 is 0.893. The van der Waals surface area contributed by atoms with Crippen LogP contribution in [0, 0.1) is 0 Å². The lowest BCUT2D eigenvalue weighted by Crippen LogP contribution is -2.47. The standard InChI is InChI=1S/C18H24N/c1-5-13-19(14-6-2,15-7-3)16-18-11-9-17(8-4)10-12-18/h5-12H,1-4,13-16H2/q+1. The molecular weight excluding hydrogens is 230 g/mol. The summed E-state index contributed by atoms with van der Waals surface area (Å²) in [5.74, 6) is 0. The van der Waals surface area contributed by atoms with Crippen LogP contribution >= 0.6 is 0 Å². The van der Waals surface area contributed by atoms with E-state index < -0.39 is 0 Å². The maximum Gasteiger partial charge on any atom is 0.105 e. The van der Waals surface area contributed by atoms with Crippen molar-refractivity contribution < 1.29 is 4.48 Å². The summed E-state index contributed by atoms with van der Waals surface area (Å²) in [5.41, 5.74) is 2.47. The largest absolute Gasteiger partial charge is 0.310 e. The van der Waals surface area contributed by atoms with E-state index in [2.05, 4.69) is 50.6 Å². The van der Waals surface area contributed by atoms with Gasteiger partial charge in [0.05, 0.1) is 19.6 Å². The zero-order chi connectivity index (χ0) is 14.1. The number of benzene rings is 1. The molecule has 0 aliphatic carbocycles. The van der Waals surface area contributed by atoms with Gasteiger partial charge in [-0.15, -0.1) is 0 Å². The first-order chi connectivity index (χ1) is 9.19. The van der Waals surface area contributed by atoms with Crippen LogP contribution in [0.1, 0.15) is 11.1 Å². The Kier molecular flexibility index (Phi) is 6.04. The van der Waals surface area contributed by atoms with Crippen molar-refractivity contribution in [2.45, 2.75) is 6.54 Å². The first-order valence-corrected chi connectivity index (χ1v) is 6.59. The molecule has 1 aromatic rings. The highest BCUT2D eigenvalue weighted by Gasteiger charge is 2.23. The van der Waals surface area contributed by atoms with Gasteiger partial charge in [-0.05, 0) is 23.8 Å². The minimum atomic E-state index is 0.893. The zero-order valence-corrected chi connectivity index (χ0v) is 11.7. The molecule has 0 fully saturated rings. The van der Waals surface area contributed by atoms with Crippen molar-refractivity contribution in [3.8, 4) is 0 Å². The Bertz CT molecular complexity index is 413. The molecule has 0 N–H and O–H groups in total. The summed E-state index contributed by atoms with van der Waals surface area (Å²) in [5, 5.41) is 0. The van der Waals surface area contributed by atoms with Gasteiger partial charge in [-0.3, -0.25) is 0 Å². The Balaban J connectivity index is 2.95. The second kappa shape index (κ2) is 7.55. The second-order valence-electron chi connectivity index (χ2n) is 4.86. The van der Waals surface area contributed by atoms with Crippen molar-refractivity contribution in [3.63, 3.8) is 0 Å². The maximum atomic E-state index is 3.88. The van der Waals surface area contributed by atoms with Crippen LogP contribution in [0.3, 0.4) is 0 Å². The van der Waals surface area contributed by atoms with Crippen molar-refractivity contribution in [2.24, 2.45) is 0 Å². The Hall–Kier alpha value is -1.86. The van der Waals surface area contributed by atoms with E-state index in [0.717, 1.165) is 36.2 Å². The van der Waals surface area contributed by atoms with Gasteiger partial charge in [0.1, 0.15) is 6.54 Å². The molecule has 0 unspecified atom stereocenters. The van der Waals surface area contributed by atoms with Crippen molar-refractivity contribution in [1.82, 2.24) is 0 Å². The topological polar surface area (TPSA) is 0 Å². The molecule has 0 saturated carbocycles. The molecule has 100 valence electrons. The van der Waals surface area contributed by atoms with Crippen LogP contribution in [0.4, 0.5) is 0 Å². The van der Waals surface area contributed by atoms with Gasteiger partial charge in [-0.25, -0.2) is 0 Å². The summed E-state index contributed by atoms with van der Waals surface area (Å²) in [6, 6.07) is 8.54. The molecule has 0 radical (unpaired) electrons. The number of hydrogen-bond donors (Lipinski definition) is 0. The molecule has 0 amide bonds. The van der Waals surface area contributed by atoms with E-state index in [1.54, 1.807) is 0 Å². The number of hydrogen-bond acceptors (Lipinski definition) is 0. The average Bonchev–Trinajstić information content (AvgIpc) is 2.40. The third-order valence-corrected chi connectivity index (χ3v) is 3.28. The van der Waals surface area contributed by atoms with Gasteiger partial charge < -0.3 is 4.48 Å². The summed E-state index contributed by atoms with van der Waals surface area (Å²) in [6.45, 7) is 19.1. The molecule has 0 aromatic heterocycles. The minimum Gasteiger partial charge on any atom is -0.310 e. The lowest BCUT2D eigenvalue weighted by Gasteiger charge is -2.36. The summed E-state index contributed by atoms with van der Waals surface area (Å²) in [6.07, 6.45) is 7.80. The van der Waals surface area contributed by atoms with E-state index >= 15 is 0 Å². The van der Waals surface area contributed by atoms with Gasteiger partial charge in [-0.2, -0.15) is 0 Å². The quantitative estimate of drug-likeness (QED) is 0.457. The normalized spacial score (nSPS) is 10.7. The molecule has 19 heavy (non-hydrogen) atoms. The maximum absolute atomic E-state index is 3.88. The van der Waals surface area contributed by atoms with Gasteiger partial charge in [0.2, 0.25) is 0 Å². The van der Waals surface area contributed by atoms with E-state index in [0.29, 0.717) is 0 Å². The molecule has 0 atom stereocenters. The van der Waals surface area contributed by atoms with Crippen LogP contribution in [0.25, 0.3) is 6.08 Å². The fourth-order valence-corrected chi connectivity index (χ4v) is 2.39. The van der Waals surface area contributed by atoms with Crippen LogP contribution in [0.15, 0.2) is 68.8 Å². The third kappa shape index (κ3) is 4.38. The number of nitrogens with zero attached hydrogens (tertiary/aromatic N) is 1. The lowest BCUT2D eigenvalue weighted by molar-refractivity contribution is -0.924. The van der Waals surface area contributed by atoms with Crippen molar-refractivity contribution >= 4 is 6.08 Å². The molecule has 1 aromatic carbocycles. The lowest BCUT2D eigenvalue weighted by atomic mass is 10.1. The first kappa shape index (κ1) is 15.2. The average molecular weight is 254 g/mol. The molecule has 0 saturated heterocycles. The van der Waals surface area contributed by atoms with Crippen LogP contribution in [0.5, 0.6) is 0 Å². The van der Waals surface area contributed by atoms with Crippen LogP contribution in [-0.4, -0.2) is 24.1 Å². The van der Waals surface area contributed by atoms with Gasteiger partial charge >= 0.3 is 0 Å². The van der Waals surface area contributed by atoms with Crippen LogP contribution in [-0.2, 0) is 6.54 Å². The molecule has 0 bridgehead atoms. The number of quaternary nitrogens is 1. The second-order valence-corrected chi connectivity index (χ2v) is 4.86. The van der Waals surface area contributed by atoms with E-state index in [1.807, 2.05) is 24.3 Å². The summed E-state index contributed by atoms with van der Waals surface area (Å²) in [4.78, 5) is 0. The van der Waals surface area contributed by atoms with Crippen molar-refractivity contribution in [2.75, 3.05) is 19.6 Å². The highest BCUT2D eigenvalue weighted by atomic mass is 15.3. The third-order valence-electron chi connectivity index (χ3n) is 3.28. The predicted molar refractivity (Wildman–Crippen MR) is 85.7 cm³/mol. The molecule has 0 heterocycles. The predicted octanol–water partition coefficient (Wildman–Crippen LogP) is 4.20. The highest BCUT2D eigenvalue weighted by Crippen LogP contribution is 2.16. The van der Waals surface area contributed by atoms with Crippen molar-refractivity contribution in [1.29, 1.82) is 0 Å². The molecule has 0 spiro atoms. The Labute approximate surface area is 117 Å². The summed E-state index contributed by atoms with van der Waals surface area (Å²) >= 11 is 0. The zero-order valence-electron chi connectivity index (χ0n) is 11.7. The molecular formula is C18H24N+. The molecule has 0 aliphatic heterocycles. The van der Waals surface area contributed by atoms with E-state index in [-0.39, 0.29) is 0 Å². The monoisotopic (exact) mass is 254 g/mol. The molecule has 1 heteroatoms. The molecule has 1 rings (SSSR count).